The smallest absolute Gasteiger partial charge is 0.155 e. The highest BCUT2D eigenvalue weighted by molar-refractivity contribution is 5.11. The first-order valence-electron chi connectivity index (χ1n) is 3.65. The highest BCUT2D eigenvalue weighted by atomic mass is 16.5. The van der Waals surface area contributed by atoms with Gasteiger partial charge in [-0.25, -0.2) is 9.97 Å². The Labute approximate surface area is 67.4 Å². The van der Waals surface area contributed by atoms with Gasteiger partial charge in [-0.3, -0.25) is 0 Å². The van der Waals surface area contributed by atoms with E-state index in [0.29, 0.717) is 5.75 Å². The lowest BCUT2D eigenvalue weighted by atomic mass is 10.6. The first-order chi connectivity index (χ1) is 5.33. The highest BCUT2D eigenvalue weighted by Crippen LogP contribution is 2.02. The zero-order valence-corrected chi connectivity index (χ0v) is 7.46. The quantitative estimate of drug-likeness (QED) is 0.619. The molecule has 0 saturated carbocycles. The summed E-state index contributed by atoms with van der Waals surface area (Å²) in [4.78, 5) is 7.83. The summed E-state index contributed by atoms with van der Waals surface area (Å²) >= 11 is 0. The number of rotatable bonds is 1. The molecule has 0 unspecified atom stereocenters. The summed E-state index contributed by atoms with van der Waals surface area (Å²) in [6.45, 7) is 5.83. The molecule has 0 aliphatic rings. The Balaban J connectivity index is 0.000000461. The molecular formula is C8H14N2O. The van der Waals surface area contributed by atoms with Crippen molar-refractivity contribution < 1.29 is 4.74 Å². The van der Waals surface area contributed by atoms with E-state index in [2.05, 4.69) is 9.97 Å². The number of methoxy groups -OCH3 is 1. The van der Waals surface area contributed by atoms with Crippen LogP contribution in [-0.4, -0.2) is 17.1 Å². The van der Waals surface area contributed by atoms with E-state index < -0.39 is 0 Å². The molecule has 1 heterocycles. The molecule has 3 nitrogen and oxygen atoms in total. The van der Waals surface area contributed by atoms with Crippen molar-refractivity contribution in [3.8, 4) is 5.75 Å². The Hall–Kier alpha value is -1.12. The third kappa shape index (κ3) is 3.55. The Bertz CT molecular complexity index is 184. The van der Waals surface area contributed by atoms with Gasteiger partial charge in [0, 0.05) is 0 Å². The monoisotopic (exact) mass is 154 g/mol. The highest BCUT2D eigenvalue weighted by Gasteiger charge is 1.88. The normalized spacial score (nSPS) is 8.00. The van der Waals surface area contributed by atoms with Crippen molar-refractivity contribution in [2.24, 2.45) is 0 Å². The van der Waals surface area contributed by atoms with Crippen LogP contribution < -0.4 is 4.74 Å². The van der Waals surface area contributed by atoms with Crippen molar-refractivity contribution in [2.45, 2.75) is 20.8 Å². The van der Waals surface area contributed by atoms with Crippen molar-refractivity contribution >= 4 is 0 Å². The molecule has 1 aromatic rings. The average molecular weight is 154 g/mol. The van der Waals surface area contributed by atoms with Crippen LogP contribution in [0.5, 0.6) is 5.75 Å². The van der Waals surface area contributed by atoms with E-state index in [9.17, 15) is 0 Å². The van der Waals surface area contributed by atoms with E-state index in [0.717, 1.165) is 5.82 Å². The van der Waals surface area contributed by atoms with Gasteiger partial charge >= 0.3 is 0 Å². The summed E-state index contributed by atoms with van der Waals surface area (Å²) in [7, 11) is 1.59. The average Bonchev–Trinajstić information content (AvgIpc) is 2.10. The van der Waals surface area contributed by atoms with Crippen molar-refractivity contribution in [1.82, 2.24) is 9.97 Å². The minimum Gasteiger partial charge on any atom is -0.494 e. The fourth-order valence-corrected chi connectivity index (χ4v) is 0.486. The van der Waals surface area contributed by atoms with Gasteiger partial charge in [0.15, 0.2) is 5.75 Å². The maximum atomic E-state index is 4.84. The number of nitrogens with zero attached hydrogens (tertiary/aromatic N) is 2. The van der Waals surface area contributed by atoms with Crippen molar-refractivity contribution in [3.63, 3.8) is 0 Å². The van der Waals surface area contributed by atoms with Gasteiger partial charge in [-0.15, -0.1) is 0 Å². The van der Waals surface area contributed by atoms with Crippen LogP contribution >= 0.6 is 0 Å². The molecule has 62 valence electrons. The van der Waals surface area contributed by atoms with Crippen LogP contribution in [0.25, 0.3) is 0 Å². The van der Waals surface area contributed by atoms with Crippen LogP contribution in [0.1, 0.15) is 19.7 Å². The minimum atomic E-state index is 0.695. The van der Waals surface area contributed by atoms with Crippen LogP contribution in [-0.2, 0) is 0 Å². The molecule has 0 aromatic carbocycles. The summed E-state index contributed by atoms with van der Waals surface area (Å²) in [6.07, 6.45) is 3.28. The number of aromatic nitrogens is 2. The topological polar surface area (TPSA) is 35.0 Å². The molecule has 0 aliphatic carbocycles. The van der Waals surface area contributed by atoms with Gasteiger partial charge in [0.25, 0.3) is 0 Å². The summed E-state index contributed by atoms with van der Waals surface area (Å²) in [5, 5.41) is 0. The molecular weight excluding hydrogens is 140 g/mol. The maximum absolute atomic E-state index is 4.84. The van der Waals surface area contributed by atoms with E-state index in [1.165, 1.54) is 0 Å². The number of hydrogen-bond donors (Lipinski definition) is 0. The van der Waals surface area contributed by atoms with Crippen molar-refractivity contribution in [2.75, 3.05) is 7.11 Å². The van der Waals surface area contributed by atoms with Gasteiger partial charge < -0.3 is 4.74 Å². The molecule has 0 amide bonds. The van der Waals surface area contributed by atoms with Gasteiger partial charge in [0.2, 0.25) is 0 Å². The van der Waals surface area contributed by atoms with E-state index >= 15 is 0 Å². The van der Waals surface area contributed by atoms with Crippen molar-refractivity contribution in [1.29, 1.82) is 0 Å². The molecule has 0 radical (unpaired) electrons. The zero-order chi connectivity index (χ0) is 8.69. The molecule has 0 N–H and O–H groups in total. The SMILES string of the molecule is CC.COc1cnc(C)nc1. The van der Waals surface area contributed by atoms with Crippen molar-refractivity contribution in [3.05, 3.63) is 18.2 Å². The minimum absolute atomic E-state index is 0.695. The van der Waals surface area contributed by atoms with Crippen LogP contribution in [0.4, 0.5) is 0 Å². The molecule has 0 spiro atoms. The van der Waals surface area contributed by atoms with Gasteiger partial charge in [-0.05, 0) is 6.92 Å². The van der Waals surface area contributed by atoms with Crippen LogP contribution in [0.15, 0.2) is 12.4 Å². The Morgan fingerprint density at radius 3 is 2.00 bits per heavy atom. The van der Waals surface area contributed by atoms with Gasteiger partial charge in [-0.2, -0.15) is 0 Å². The third-order valence-electron chi connectivity index (χ3n) is 0.993. The summed E-state index contributed by atoms with van der Waals surface area (Å²) in [6, 6.07) is 0. The molecule has 0 aliphatic heterocycles. The van der Waals surface area contributed by atoms with Crippen LogP contribution in [0.3, 0.4) is 0 Å². The fourth-order valence-electron chi connectivity index (χ4n) is 0.486. The van der Waals surface area contributed by atoms with Crippen LogP contribution in [0, 0.1) is 6.92 Å². The van der Waals surface area contributed by atoms with Gasteiger partial charge in [0.05, 0.1) is 19.5 Å². The second kappa shape index (κ2) is 5.65. The molecule has 1 aromatic heterocycles. The number of aryl methyl sites for hydroxylation is 1. The maximum Gasteiger partial charge on any atom is 0.155 e. The first-order valence-corrected chi connectivity index (χ1v) is 3.65. The fraction of sp³-hybridized carbons (Fsp3) is 0.500. The lowest BCUT2D eigenvalue weighted by Gasteiger charge is -1.95. The lowest BCUT2D eigenvalue weighted by Crippen LogP contribution is -1.88. The van der Waals surface area contributed by atoms with Gasteiger partial charge in [-0.1, -0.05) is 13.8 Å². The predicted molar refractivity (Wildman–Crippen MR) is 44.7 cm³/mol. The molecule has 0 saturated heterocycles. The summed E-state index contributed by atoms with van der Waals surface area (Å²) in [5.74, 6) is 1.46. The Morgan fingerprint density at radius 1 is 1.18 bits per heavy atom. The second-order valence-electron chi connectivity index (χ2n) is 1.67. The van der Waals surface area contributed by atoms with Crippen LogP contribution in [0.2, 0.25) is 0 Å². The van der Waals surface area contributed by atoms with E-state index in [1.54, 1.807) is 19.5 Å². The second-order valence-corrected chi connectivity index (χ2v) is 1.67. The summed E-state index contributed by atoms with van der Waals surface area (Å²) in [5.41, 5.74) is 0. The van der Waals surface area contributed by atoms with E-state index in [1.807, 2.05) is 20.8 Å². The lowest BCUT2D eigenvalue weighted by molar-refractivity contribution is 0.410. The largest absolute Gasteiger partial charge is 0.494 e. The molecule has 11 heavy (non-hydrogen) atoms. The standard InChI is InChI=1S/C6H8N2O.C2H6/c1-5-7-3-6(9-2)4-8-5;1-2/h3-4H,1-2H3;1-2H3. The zero-order valence-electron chi connectivity index (χ0n) is 7.46. The first kappa shape index (κ1) is 9.88. The number of hydrogen-bond acceptors (Lipinski definition) is 3. The van der Waals surface area contributed by atoms with E-state index in [-0.39, 0.29) is 0 Å². The van der Waals surface area contributed by atoms with E-state index in [4.69, 9.17) is 4.74 Å². The Kier molecular flexibility index (Phi) is 5.07. The number of ether oxygens (including phenoxy) is 1. The third-order valence-corrected chi connectivity index (χ3v) is 0.993. The molecule has 0 atom stereocenters. The molecule has 0 bridgehead atoms. The Morgan fingerprint density at radius 2 is 1.64 bits per heavy atom. The predicted octanol–water partition coefficient (Wildman–Crippen LogP) is 1.82. The summed E-state index contributed by atoms with van der Waals surface area (Å²) < 4.78 is 4.84. The molecule has 1 rings (SSSR count). The van der Waals surface area contributed by atoms with Gasteiger partial charge in [0.1, 0.15) is 5.82 Å². The molecule has 0 fully saturated rings. The molecule has 3 heteroatoms.